The van der Waals surface area contributed by atoms with Crippen LogP contribution in [-0.2, 0) is 6.18 Å². The Morgan fingerprint density at radius 1 is 0.938 bits per heavy atom. The van der Waals surface area contributed by atoms with Crippen LogP contribution in [0.2, 0.25) is 0 Å². The summed E-state index contributed by atoms with van der Waals surface area (Å²) in [5, 5.41) is 1.96. The van der Waals surface area contributed by atoms with Gasteiger partial charge >= 0.3 is 6.18 Å². The van der Waals surface area contributed by atoms with Gasteiger partial charge in [-0.05, 0) is 48.3 Å². The number of hydrogen-bond acceptors (Lipinski definition) is 4. The van der Waals surface area contributed by atoms with Crippen molar-refractivity contribution in [3.8, 4) is 17.0 Å². The maximum atomic E-state index is 12.9. The van der Waals surface area contributed by atoms with Crippen molar-refractivity contribution in [1.29, 1.82) is 0 Å². The molecule has 1 aliphatic heterocycles. The van der Waals surface area contributed by atoms with Crippen LogP contribution in [0.15, 0.2) is 48.5 Å². The third-order valence-corrected chi connectivity index (χ3v) is 5.65. The average Bonchev–Trinajstić information content (AvgIpc) is 2.77. The van der Waals surface area contributed by atoms with Crippen LogP contribution >= 0.6 is 24.8 Å². The molecular weight excluding hydrogens is 462 g/mol. The van der Waals surface area contributed by atoms with Gasteiger partial charge in [0.15, 0.2) is 0 Å². The van der Waals surface area contributed by atoms with Crippen molar-refractivity contribution < 1.29 is 17.9 Å². The minimum absolute atomic E-state index is 0. The highest BCUT2D eigenvalue weighted by atomic mass is 35.5. The molecule has 1 fully saturated rings. The summed E-state index contributed by atoms with van der Waals surface area (Å²) >= 11 is 0. The number of alkyl halides is 3. The fourth-order valence-electron chi connectivity index (χ4n) is 3.84. The molecule has 2 heterocycles. The number of hydrogen-bond donors (Lipinski definition) is 0. The Morgan fingerprint density at radius 3 is 2.16 bits per heavy atom. The van der Waals surface area contributed by atoms with Gasteiger partial charge in [-0.25, -0.2) is 4.98 Å². The number of benzene rings is 2. The first-order chi connectivity index (χ1) is 14.4. The second-order valence-corrected chi connectivity index (χ2v) is 7.41. The van der Waals surface area contributed by atoms with Crippen molar-refractivity contribution in [2.24, 2.45) is 0 Å². The molecule has 0 radical (unpaired) electrons. The smallest absolute Gasteiger partial charge is 0.416 e. The zero-order valence-corrected chi connectivity index (χ0v) is 19.5. The molecule has 1 aliphatic rings. The van der Waals surface area contributed by atoms with Crippen molar-refractivity contribution in [3.05, 3.63) is 54.1 Å². The Hall–Kier alpha value is -2.22. The largest absolute Gasteiger partial charge is 0.497 e. The van der Waals surface area contributed by atoms with Gasteiger partial charge in [0.05, 0.1) is 18.4 Å². The normalized spacial score (nSPS) is 14.6. The van der Waals surface area contributed by atoms with Gasteiger partial charge in [-0.2, -0.15) is 13.2 Å². The van der Waals surface area contributed by atoms with E-state index in [2.05, 4.69) is 16.7 Å². The SMILES string of the molecule is CCN1CCN(c2nc(-c3ccc(C(F)(F)F)cc3)cc3cc(OC)ccc23)CC1.Cl.Cl. The molecule has 0 atom stereocenters. The van der Waals surface area contributed by atoms with E-state index in [9.17, 15) is 13.2 Å². The van der Waals surface area contributed by atoms with Crippen molar-refractivity contribution >= 4 is 41.4 Å². The lowest BCUT2D eigenvalue weighted by Crippen LogP contribution is -2.46. The molecule has 9 heteroatoms. The molecule has 0 N–H and O–H groups in total. The van der Waals surface area contributed by atoms with Gasteiger partial charge in [0.1, 0.15) is 11.6 Å². The van der Waals surface area contributed by atoms with E-state index in [0.717, 1.165) is 67.2 Å². The van der Waals surface area contributed by atoms with Crippen LogP contribution in [0, 0.1) is 0 Å². The summed E-state index contributed by atoms with van der Waals surface area (Å²) in [5.74, 6) is 1.59. The zero-order valence-electron chi connectivity index (χ0n) is 17.9. The lowest BCUT2D eigenvalue weighted by atomic mass is 10.0. The summed E-state index contributed by atoms with van der Waals surface area (Å²) in [5.41, 5.74) is 0.642. The fraction of sp³-hybridized carbons (Fsp3) is 0.348. The highest BCUT2D eigenvalue weighted by Crippen LogP contribution is 2.34. The van der Waals surface area contributed by atoms with E-state index in [1.807, 2.05) is 24.3 Å². The Bertz CT molecular complexity index is 1040. The van der Waals surface area contributed by atoms with Crippen molar-refractivity contribution in [3.63, 3.8) is 0 Å². The van der Waals surface area contributed by atoms with Crippen LogP contribution < -0.4 is 9.64 Å². The number of anilines is 1. The van der Waals surface area contributed by atoms with Gasteiger partial charge in [0.25, 0.3) is 0 Å². The first-order valence-electron chi connectivity index (χ1n) is 10.0. The molecule has 0 unspecified atom stereocenters. The summed E-state index contributed by atoms with van der Waals surface area (Å²) in [6, 6.07) is 12.9. The second-order valence-electron chi connectivity index (χ2n) is 7.41. The number of pyridine rings is 1. The molecule has 4 rings (SSSR count). The maximum Gasteiger partial charge on any atom is 0.416 e. The number of likely N-dealkylation sites (N-methyl/N-ethyl adjacent to an activating group) is 1. The van der Waals surface area contributed by atoms with Crippen LogP contribution in [0.25, 0.3) is 22.0 Å². The Balaban J connectivity index is 0.00000181. The average molecular weight is 488 g/mol. The van der Waals surface area contributed by atoms with Crippen LogP contribution in [0.3, 0.4) is 0 Å². The third kappa shape index (κ3) is 5.39. The molecule has 3 aromatic rings. The molecule has 1 saturated heterocycles. The molecule has 0 amide bonds. The van der Waals surface area contributed by atoms with Gasteiger partial charge < -0.3 is 14.5 Å². The predicted octanol–water partition coefficient (Wildman–Crippen LogP) is 5.91. The topological polar surface area (TPSA) is 28.6 Å². The lowest BCUT2D eigenvalue weighted by Gasteiger charge is -2.35. The number of aromatic nitrogens is 1. The molecule has 0 saturated carbocycles. The van der Waals surface area contributed by atoms with Crippen LogP contribution in [-0.4, -0.2) is 49.7 Å². The summed E-state index contributed by atoms with van der Waals surface area (Å²) < 4.78 is 44.2. The predicted molar refractivity (Wildman–Crippen MR) is 128 cm³/mol. The quantitative estimate of drug-likeness (QED) is 0.456. The molecule has 32 heavy (non-hydrogen) atoms. The molecule has 1 aromatic heterocycles. The van der Waals surface area contributed by atoms with Crippen molar-refractivity contribution in [2.45, 2.75) is 13.1 Å². The number of piperazine rings is 1. The number of halogens is 5. The van der Waals surface area contributed by atoms with E-state index in [1.165, 1.54) is 12.1 Å². The Kier molecular flexibility index (Phi) is 8.62. The molecule has 0 spiro atoms. The van der Waals surface area contributed by atoms with E-state index in [0.29, 0.717) is 11.3 Å². The fourth-order valence-corrected chi connectivity index (χ4v) is 3.84. The minimum atomic E-state index is -4.35. The van der Waals surface area contributed by atoms with E-state index in [1.54, 1.807) is 7.11 Å². The number of rotatable bonds is 4. The van der Waals surface area contributed by atoms with Gasteiger partial charge in [-0.1, -0.05) is 19.1 Å². The lowest BCUT2D eigenvalue weighted by molar-refractivity contribution is -0.137. The second kappa shape index (κ2) is 10.6. The highest BCUT2D eigenvalue weighted by molar-refractivity contribution is 5.96. The maximum absolute atomic E-state index is 12.9. The number of ether oxygens (including phenoxy) is 1. The van der Waals surface area contributed by atoms with E-state index >= 15 is 0 Å². The number of fused-ring (bicyclic) bond motifs is 1. The summed E-state index contributed by atoms with van der Waals surface area (Å²) in [7, 11) is 1.62. The number of methoxy groups -OCH3 is 1. The van der Waals surface area contributed by atoms with E-state index in [4.69, 9.17) is 9.72 Å². The first kappa shape index (κ1) is 26.0. The molecular formula is C23H26Cl2F3N3O. The Morgan fingerprint density at radius 2 is 1.59 bits per heavy atom. The van der Waals surface area contributed by atoms with Crippen molar-refractivity contribution in [2.75, 3.05) is 44.7 Å². The molecule has 2 aromatic carbocycles. The van der Waals surface area contributed by atoms with Gasteiger partial charge in [-0.3, -0.25) is 0 Å². The summed E-state index contributed by atoms with van der Waals surface area (Å²) in [6.45, 7) is 6.81. The van der Waals surface area contributed by atoms with Crippen LogP contribution in [0.5, 0.6) is 5.75 Å². The zero-order chi connectivity index (χ0) is 21.3. The van der Waals surface area contributed by atoms with E-state index in [-0.39, 0.29) is 24.8 Å². The third-order valence-electron chi connectivity index (χ3n) is 5.65. The first-order valence-corrected chi connectivity index (χ1v) is 10.0. The summed E-state index contributed by atoms with van der Waals surface area (Å²) in [6.07, 6.45) is -4.35. The minimum Gasteiger partial charge on any atom is -0.497 e. The van der Waals surface area contributed by atoms with Crippen molar-refractivity contribution in [1.82, 2.24) is 9.88 Å². The Labute approximate surface area is 198 Å². The van der Waals surface area contributed by atoms with Crippen LogP contribution in [0.4, 0.5) is 19.0 Å². The molecule has 4 nitrogen and oxygen atoms in total. The number of nitrogens with zero attached hydrogens (tertiary/aromatic N) is 3. The summed E-state index contributed by atoms with van der Waals surface area (Å²) in [4.78, 5) is 9.53. The van der Waals surface area contributed by atoms with Gasteiger partial charge in [0, 0.05) is 37.1 Å². The van der Waals surface area contributed by atoms with Crippen LogP contribution in [0.1, 0.15) is 12.5 Å². The highest BCUT2D eigenvalue weighted by Gasteiger charge is 2.30. The van der Waals surface area contributed by atoms with E-state index < -0.39 is 11.7 Å². The van der Waals surface area contributed by atoms with Gasteiger partial charge in [-0.15, -0.1) is 24.8 Å². The molecule has 174 valence electrons. The monoisotopic (exact) mass is 487 g/mol. The van der Waals surface area contributed by atoms with Gasteiger partial charge in [0.2, 0.25) is 0 Å². The standard InChI is InChI=1S/C23H24F3N3O.2ClH/c1-3-28-10-12-29(13-11-28)22-20-9-8-19(30-2)14-17(20)15-21(27-22)16-4-6-18(7-5-16)23(24,25)26;;/h4-9,14-15H,3,10-13H2,1-2H3;2*1H. The molecule has 0 bridgehead atoms. The molecule has 0 aliphatic carbocycles.